The van der Waals surface area contributed by atoms with E-state index in [1.807, 2.05) is 4.90 Å². The van der Waals surface area contributed by atoms with Crippen molar-refractivity contribution in [3.63, 3.8) is 0 Å². The van der Waals surface area contributed by atoms with E-state index in [1.165, 1.54) is 16.4 Å². The van der Waals surface area contributed by atoms with Crippen LogP contribution >= 0.6 is 0 Å². The largest absolute Gasteiger partial charge is 0.366 e. The van der Waals surface area contributed by atoms with Crippen LogP contribution in [-0.2, 0) is 14.8 Å². The summed E-state index contributed by atoms with van der Waals surface area (Å²) < 4.78 is 38.4. The molecule has 1 aliphatic rings. The fourth-order valence-corrected chi connectivity index (χ4v) is 3.62. The number of rotatable bonds is 7. The average Bonchev–Trinajstić information content (AvgIpc) is 2.58. The van der Waals surface area contributed by atoms with Gasteiger partial charge >= 0.3 is 0 Å². The van der Waals surface area contributed by atoms with Crippen molar-refractivity contribution in [1.29, 1.82) is 0 Å². The van der Waals surface area contributed by atoms with Crippen molar-refractivity contribution >= 4 is 21.6 Å². The van der Waals surface area contributed by atoms with Gasteiger partial charge in [0.2, 0.25) is 15.9 Å². The molecule has 0 atom stereocenters. The minimum atomic E-state index is -3.36. The number of hydrogen-bond donors (Lipinski definition) is 0. The molecule has 6 nitrogen and oxygen atoms in total. The Labute approximate surface area is 148 Å². The molecule has 1 fully saturated rings. The maximum Gasteiger partial charge on any atom is 0.224 e. The highest BCUT2D eigenvalue weighted by molar-refractivity contribution is 7.88. The highest BCUT2D eigenvalue weighted by Crippen LogP contribution is 2.20. The number of piperazine rings is 1. The Kier molecular flexibility index (Phi) is 6.55. The van der Waals surface area contributed by atoms with E-state index in [4.69, 9.17) is 0 Å². The van der Waals surface area contributed by atoms with Gasteiger partial charge in [-0.15, -0.1) is 6.58 Å². The molecule has 2 rings (SSSR count). The molecule has 1 amide bonds. The van der Waals surface area contributed by atoms with Crippen LogP contribution in [-0.4, -0.2) is 69.1 Å². The molecule has 138 valence electrons. The summed E-state index contributed by atoms with van der Waals surface area (Å²) in [4.78, 5) is 15.9. The first-order chi connectivity index (χ1) is 11.8. The second-order valence-corrected chi connectivity index (χ2v) is 7.96. The van der Waals surface area contributed by atoms with Crippen molar-refractivity contribution in [2.24, 2.45) is 0 Å². The number of halogens is 1. The Hall–Kier alpha value is -1.93. The number of sulfonamides is 1. The highest BCUT2D eigenvalue weighted by Gasteiger charge is 2.24. The second-order valence-electron chi connectivity index (χ2n) is 5.98. The monoisotopic (exact) mass is 369 g/mol. The third kappa shape index (κ3) is 5.27. The molecule has 0 saturated carbocycles. The third-order valence-electron chi connectivity index (χ3n) is 4.20. The molecule has 0 spiro atoms. The van der Waals surface area contributed by atoms with Crippen LogP contribution in [0.15, 0.2) is 36.9 Å². The summed E-state index contributed by atoms with van der Waals surface area (Å²) >= 11 is 0. The summed E-state index contributed by atoms with van der Waals surface area (Å²) in [7, 11) is -3.36. The van der Waals surface area contributed by atoms with Crippen molar-refractivity contribution in [1.82, 2.24) is 9.21 Å². The van der Waals surface area contributed by atoms with Gasteiger partial charge in [-0.25, -0.2) is 12.8 Å². The van der Waals surface area contributed by atoms with Crippen LogP contribution in [0.1, 0.15) is 6.42 Å². The highest BCUT2D eigenvalue weighted by atomic mass is 32.2. The molecule has 0 N–H and O–H groups in total. The number of carbonyl (C=O) groups excluding carboxylic acids is 1. The number of anilines is 1. The molecule has 8 heteroatoms. The van der Waals surface area contributed by atoms with E-state index in [2.05, 4.69) is 6.58 Å². The summed E-state index contributed by atoms with van der Waals surface area (Å²) in [6, 6.07) is 6.59. The molecule has 0 aromatic heterocycles. The predicted octanol–water partition coefficient (Wildman–Crippen LogP) is 1.31. The van der Waals surface area contributed by atoms with Crippen LogP contribution in [0.3, 0.4) is 0 Å². The lowest BCUT2D eigenvalue weighted by Crippen LogP contribution is -2.49. The van der Waals surface area contributed by atoms with Crippen LogP contribution in [0.25, 0.3) is 0 Å². The average molecular weight is 369 g/mol. The fourth-order valence-electron chi connectivity index (χ4n) is 2.82. The molecule has 0 aliphatic carbocycles. The number of nitrogens with zero attached hydrogens (tertiary/aromatic N) is 3. The normalized spacial score (nSPS) is 15.5. The molecule has 1 heterocycles. The molecular weight excluding hydrogens is 345 g/mol. The Morgan fingerprint density at radius 3 is 2.48 bits per heavy atom. The quantitative estimate of drug-likeness (QED) is 0.680. The Bertz CT molecular complexity index is 716. The summed E-state index contributed by atoms with van der Waals surface area (Å²) in [5.74, 6) is -0.360. The Morgan fingerprint density at radius 2 is 1.92 bits per heavy atom. The molecule has 1 aliphatic heterocycles. The van der Waals surface area contributed by atoms with Crippen molar-refractivity contribution in [3.8, 4) is 0 Å². The van der Waals surface area contributed by atoms with Gasteiger partial charge in [-0.2, -0.15) is 4.31 Å². The minimum absolute atomic E-state index is 0.0918. The molecule has 0 unspecified atom stereocenters. The standard InChI is InChI=1S/C17H24FN3O3S/c1-3-9-21(25(2,23)24)10-8-17(22)20-13-11-19(12-14-20)16-7-5-4-6-15(16)18/h3-7H,1,8-14H2,2H3. The van der Waals surface area contributed by atoms with Crippen molar-refractivity contribution in [3.05, 3.63) is 42.7 Å². The minimum Gasteiger partial charge on any atom is -0.366 e. The lowest BCUT2D eigenvalue weighted by Gasteiger charge is -2.36. The van der Waals surface area contributed by atoms with Gasteiger partial charge in [-0.05, 0) is 12.1 Å². The molecule has 0 bridgehead atoms. The van der Waals surface area contributed by atoms with Crippen LogP contribution in [0.5, 0.6) is 0 Å². The third-order valence-corrected chi connectivity index (χ3v) is 5.47. The first kappa shape index (κ1) is 19.4. The molecule has 0 radical (unpaired) electrons. The maximum absolute atomic E-state index is 13.8. The predicted molar refractivity (Wildman–Crippen MR) is 96.4 cm³/mol. The Morgan fingerprint density at radius 1 is 1.28 bits per heavy atom. The summed E-state index contributed by atoms with van der Waals surface area (Å²) in [6.45, 7) is 5.95. The first-order valence-corrected chi connectivity index (χ1v) is 10.0. The molecular formula is C17H24FN3O3S. The lowest BCUT2D eigenvalue weighted by molar-refractivity contribution is -0.131. The van der Waals surface area contributed by atoms with Gasteiger partial charge in [0.15, 0.2) is 0 Å². The summed E-state index contributed by atoms with van der Waals surface area (Å²) in [5.41, 5.74) is 0.545. The van der Waals surface area contributed by atoms with E-state index in [0.717, 1.165) is 6.26 Å². The van der Waals surface area contributed by atoms with E-state index >= 15 is 0 Å². The topological polar surface area (TPSA) is 60.9 Å². The van der Waals surface area contributed by atoms with Crippen LogP contribution in [0, 0.1) is 5.82 Å². The zero-order valence-electron chi connectivity index (χ0n) is 14.4. The smallest absolute Gasteiger partial charge is 0.224 e. The van der Waals surface area contributed by atoms with E-state index in [9.17, 15) is 17.6 Å². The zero-order valence-corrected chi connectivity index (χ0v) is 15.2. The van der Waals surface area contributed by atoms with Crippen LogP contribution in [0.2, 0.25) is 0 Å². The van der Waals surface area contributed by atoms with Gasteiger partial charge in [0.1, 0.15) is 5.82 Å². The van der Waals surface area contributed by atoms with Gasteiger partial charge in [-0.3, -0.25) is 4.79 Å². The summed E-state index contributed by atoms with van der Waals surface area (Å²) in [5, 5.41) is 0. The van der Waals surface area contributed by atoms with Gasteiger partial charge in [0.05, 0.1) is 11.9 Å². The second kappa shape index (κ2) is 8.44. The molecule has 25 heavy (non-hydrogen) atoms. The Balaban J connectivity index is 1.87. The number of amides is 1. The first-order valence-electron chi connectivity index (χ1n) is 8.16. The lowest BCUT2D eigenvalue weighted by atomic mass is 10.2. The molecule has 1 saturated heterocycles. The SMILES string of the molecule is C=CCN(CCC(=O)N1CCN(c2ccccc2F)CC1)S(C)(=O)=O. The van der Waals surface area contributed by atoms with E-state index < -0.39 is 10.0 Å². The van der Waals surface area contributed by atoms with Crippen molar-refractivity contribution in [2.75, 3.05) is 50.4 Å². The summed E-state index contributed by atoms with van der Waals surface area (Å²) in [6.07, 6.45) is 2.74. The number of hydrogen-bond acceptors (Lipinski definition) is 4. The van der Waals surface area contributed by atoms with Crippen molar-refractivity contribution < 1.29 is 17.6 Å². The number of benzene rings is 1. The number of carbonyl (C=O) groups is 1. The van der Waals surface area contributed by atoms with Crippen LogP contribution in [0.4, 0.5) is 10.1 Å². The van der Waals surface area contributed by atoms with E-state index in [-0.39, 0.29) is 31.2 Å². The van der Waals surface area contributed by atoms with E-state index in [0.29, 0.717) is 31.9 Å². The molecule has 1 aromatic rings. The van der Waals surface area contributed by atoms with Gasteiger partial charge in [-0.1, -0.05) is 18.2 Å². The van der Waals surface area contributed by atoms with Gasteiger partial charge in [0.25, 0.3) is 0 Å². The fraction of sp³-hybridized carbons (Fsp3) is 0.471. The van der Waals surface area contributed by atoms with E-state index in [1.54, 1.807) is 23.1 Å². The number of para-hydroxylation sites is 1. The molecule has 1 aromatic carbocycles. The van der Waals surface area contributed by atoms with Gasteiger partial charge in [0, 0.05) is 45.7 Å². The maximum atomic E-state index is 13.8. The van der Waals surface area contributed by atoms with Gasteiger partial charge < -0.3 is 9.80 Å². The zero-order chi connectivity index (χ0) is 18.4. The van der Waals surface area contributed by atoms with Crippen molar-refractivity contribution in [2.45, 2.75) is 6.42 Å². The van der Waals surface area contributed by atoms with Crippen LogP contribution < -0.4 is 4.90 Å².